The summed E-state index contributed by atoms with van der Waals surface area (Å²) in [4.78, 5) is 24.8. The van der Waals surface area contributed by atoms with Crippen molar-refractivity contribution in [3.63, 3.8) is 0 Å². The lowest BCUT2D eigenvalue weighted by Crippen LogP contribution is -2.32. The maximum absolute atomic E-state index is 11.9. The van der Waals surface area contributed by atoms with Gasteiger partial charge in [0.1, 0.15) is 0 Å². The smallest absolute Gasteiger partial charge is 0.268 e. The van der Waals surface area contributed by atoms with Gasteiger partial charge in [0, 0.05) is 32.1 Å². The Morgan fingerprint density at radius 3 is 2.68 bits per heavy atom. The molecule has 19 heavy (non-hydrogen) atoms. The highest BCUT2D eigenvalue weighted by Crippen LogP contribution is 2.16. The highest BCUT2D eigenvalue weighted by atomic mass is 16.1. The standard InChI is InChI=1S/C13H20N4O2/c14-12(18)5-4-8-17-13(19)9-11(10-15-17)16-6-2-1-3-7-16/h9-10H,1-8H2,(H2,14,18). The van der Waals surface area contributed by atoms with E-state index >= 15 is 0 Å². The van der Waals surface area contributed by atoms with Crippen LogP contribution in [-0.4, -0.2) is 28.8 Å². The van der Waals surface area contributed by atoms with Gasteiger partial charge in [0.05, 0.1) is 11.9 Å². The molecule has 1 amide bonds. The molecule has 0 radical (unpaired) electrons. The molecule has 0 spiro atoms. The summed E-state index contributed by atoms with van der Waals surface area (Å²) >= 11 is 0. The van der Waals surface area contributed by atoms with E-state index in [1.54, 1.807) is 12.3 Å². The van der Waals surface area contributed by atoms with Gasteiger partial charge < -0.3 is 10.6 Å². The van der Waals surface area contributed by atoms with Gasteiger partial charge in [-0.1, -0.05) is 0 Å². The van der Waals surface area contributed by atoms with Gasteiger partial charge in [0.2, 0.25) is 5.91 Å². The van der Waals surface area contributed by atoms with Crippen molar-refractivity contribution in [2.24, 2.45) is 5.73 Å². The first kappa shape index (κ1) is 13.6. The molecule has 1 fully saturated rings. The number of hydrogen-bond donors (Lipinski definition) is 1. The zero-order valence-corrected chi connectivity index (χ0v) is 11.0. The molecule has 0 atom stereocenters. The monoisotopic (exact) mass is 264 g/mol. The molecule has 6 heteroatoms. The van der Waals surface area contributed by atoms with E-state index in [-0.39, 0.29) is 17.9 Å². The van der Waals surface area contributed by atoms with Crippen LogP contribution in [0, 0.1) is 0 Å². The fourth-order valence-corrected chi connectivity index (χ4v) is 2.32. The van der Waals surface area contributed by atoms with E-state index in [0.29, 0.717) is 13.0 Å². The second-order valence-corrected chi connectivity index (χ2v) is 4.89. The molecule has 0 unspecified atom stereocenters. The molecule has 2 rings (SSSR count). The van der Waals surface area contributed by atoms with Crippen LogP contribution < -0.4 is 16.2 Å². The van der Waals surface area contributed by atoms with Crippen molar-refractivity contribution in [2.45, 2.75) is 38.6 Å². The highest BCUT2D eigenvalue weighted by Gasteiger charge is 2.12. The molecular weight excluding hydrogens is 244 g/mol. The van der Waals surface area contributed by atoms with Crippen molar-refractivity contribution in [1.29, 1.82) is 0 Å². The molecule has 1 aliphatic heterocycles. The molecule has 0 saturated carbocycles. The van der Waals surface area contributed by atoms with Crippen LogP contribution in [-0.2, 0) is 11.3 Å². The van der Waals surface area contributed by atoms with Gasteiger partial charge in [0.25, 0.3) is 5.56 Å². The van der Waals surface area contributed by atoms with Crippen molar-refractivity contribution in [3.8, 4) is 0 Å². The van der Waals surface area contributed by atoms with Crippen LogP contribution in [0.15, 0.2) is 17.1 Å². The van der Waals surface area contributed by atoms with Crippen LogP contribution >= 0.6 is 0 Å². The lowest BCUT2D eigenvalue weighted by Gasteiger charge is -2.28. The number of hydrogen-bond acceptors (Lipinski definition) is 4. The van der Waals surface area contributed by atoms with E-state index in [4.69, 9.17) is 5.73 Å². The fourth-order valence-electron chi connectivity index (χ4n) is 2.32. The van der Waals surface area contributed by atoms with Crippen molar-refractivity contribution in [1.82, 2.24) is 9.78 Å². The molecule has 1 aromatic heterocycles. The van der Waals surface area contributed by atoms with Gasteiger partial charge in [-0.2, -0.15) is 5.10 Å². The zero-order chi connectivity index (χ0) is 13.7. The van der Waals surface area contributed by atoms with Crippen LogP contribution in [0.5, 0.6) is 0 Å². The molecule has 0 aliphatic carbocycles. The topological polar surface area (TPSA) is 81.2 Å². The molecule has 0 aromatic carbocycles. The number of nitrogens with zero attached hydrogens (tertiary/aromatic N) is 3. The number of carbonyl (C=O) groups excluding carboxylic acids is 1. The summed E-state index contributed by atoms with van der Waals surface area (Å²) in [5, 5.41) is 4.16. The summed E-state index contributed by atoms with van der Waals surface area (Å²) in [6, 6.07) is 1.63. The Bertz CT molecular complexity index is 492. The molecular formula is C13H20N4O2. The minimum Gasteiger partial charge on any atom is -0.370 e. The van der Waals surface area contributed by atoms with E-state index in [0.717, 1.165) is 18.8 Å². The Kier molecular flexibility index (Phi) is 4.54. The molecule has 2 N–H and O–H groups in total. The second kappa shape index (κ2) is 6.36. The first-order valence-corrected chi connectivity index (χ1v) is 6.77. The third kappa shape index (κ3) is 3.81. The largest absolute Gasteiger partial charge is 0.370 e. The van der Waals surface area contributed by atoms with Gasteiger partial charge in [0.15, 0.2) is 0 Å². The molecule has 6 nitrogen and oxygen atoms in total. The number of carbonyl (C=O) groups is 1. The predicted octanol–water partition coefficient (Wildman–Crippen LogP) is 0.499. The van der Waals surface area contributed by atoms with Crippen LogP contribution in [0.3, 0.4) is 0 Å². The number of primary amides is 1. The number of aryl methyl sites for hydroxylation is 1. The number of rotatable bonds is 5. The summed E-state index contributed by atoms with van der Waals surface area (Å²) in [5.74, 6) is -0.349. The van der Waals surface area contributed by atoms with E-state index in [1.807, 2.05) is 0 Å². The number of amides is 1. The minimum absolute atomic E-state index is 0.118. The normalized spacial score (nSPS) is 15.5. The first-order chi connectivity index (χ1) is 9.16. The average Bonchev–Trinajstić information content (AvgIpc) is 2.41. The van der Waals surface area contributed by atoms with Crippen LogP contribution in [0.1, 0.15) is 32.1 Å². The summed E-state index contributed by atoms with van der Waals surface area (Å²) in [6.45, 7) is 2.42. The lowest BCUT2D eigenvalue weighted by atomic mass is 10.1. The maximum atomic E-state index is 11.9. The molecule has 1 aliphatic rings. The maximum Gasteiger partial charge on any atom is 0.268 e. The first-order valence-electron chi connectivity index (χ1n) is 6.77. The molecule has 104 valence electrons. The third-order valence-corrected chi connectivity index (χ3v) is 3.37. The zero-order valence-electron chi connectivity index (χ0n) is 11.0. The quantitative estimate of drug-likeness (QED) is 0.839. The van der Waals surface area contributed by atoms with E-state index in [2.05, 4.69) is 10.00 Å². The van der Waals surface area contributed by atoms with Crippen molar-refractivity contribution in [3.05, 3.63) is 22.6 Å². The lowest BCUT2D eigenvalue weighted by molar-refractivity contribution is -0.118. The summed E-state index contributed by atoms with van der Waals surface area (Å²) in [7, 11) is 0. The van der Waals surface area contributed by atoms with Gasteiger partial charge in [-0.25, -0.2) is 4.68 Å². The summed E-state index contributed by atoms with van der Waals surface area (Å²) in [5.41, 5.74) is 5.84. The number of piperidine rings is 1. The Balaban J connectivity index is 2.00. The molecule has 2 heterocycles. The number of anilines is 1. The summed E-state index contributed by atoms with van der Waals surface area (Å²) in [6.07, 6.45) is 6.15. The summed E-state index contributed by atoms with van der Waals surface area (Å²) < 4.78 is 1.39. The van der Waals surface area contributed by atoms with Gasteiger partial charge in [-0.3, -0.25) is 9.59 Å². The minimum atomic E-state index is -0.349. The SMILES string of the molecule is NC(=O)CCCn1ncc(N2CCCCC2)cc1=O. The fraction of sp³-hybridized carbons (Fsp3) is 0.615. The van der Waals surface area contributed by atoms with Crippen LogP contribution in [0.2, 0.25) is 0 Å². The van der Waals surface area contributed by atoms with E-state index < -0.39 is 0 Å². The van der Waals surface area contributed by atoms with Crippen LogP contribution in [0.25, 0.3) is 0 Å². The van der Waals surface area contributed by atoms with Crippen molar-refractivity contribution < 1.29 is 4.79 Å². The van der Waals surface area contributed by atoms with E-state index in [1.165, 1.54) is 23.9 Å². The van der Waals surface area contributed by atoms with Gasteiger partial charge in [-0.15, -0.1) is 0 Å². The Morgan fingerprint density at radius 2 is 2.05 bits per heavy atom. The van der Waals surface area contributed by atoms with Gasteiger partial charge >= 0.3 is 0 Å². The van der Waals surface area contributed by atoms with Crippen LogP contribution in [0.4, 0.5) is 5.69 Å². The van der Waals surface area contributed by atoms with E-state index in [9.17, 15) is 9.59 Å². The third-order valence-electron chi connectivity index (χ3n) is 3.37. The van der Waals surface area contributed by atoms with Crippen molar-refractivity contribution >= 4 is 11.6 Å². The Morgan fingerprint density at radius 1 is 1.32 bits per heavy atom. The van der Waals surface area contributed by atoms with Gasteiger partial charge in [-0.05, 0) is 25.7 Å². The second-order valence-electron chi connectivity index (χ2n) is 4.89. The average molecular weight is 264 g/mol. The molecule has 1 saturated heterocycles. The Labute approximate surface area is 112 Å². The molecule has 0 bridgehead atoms. The highest BCUT2D eigenvalue weighted by molar-refractivity contribution is 5.73. The number of nitrogens with two attached hydrogens (primary N) is 1. The molecule has 1 aromatic rings. The van der Waals surface area contributed by atoms with Crippen molar-refractivity contribution in [2.75, 3.05) is 18.0 Å². The Hall–Kier alpha value is -1.85. The number of aromatic nitrogens is 2. The predicted molar refractivity (Wildman–Crippen MR) is 73.0 cm³/mol.